The maximum absolute atomic E-state index is 13.0. The monoisotopic (exact) mass is 380 g/mol. The van der Waals surface area contributed by atoms with Crippen LogP contribution in [-0.2, 0) is 24.4 Å². The van der Waals surface area contributed by atoms with Gasteiger partial charge in [0.25, 0.3) is 0 Å². The minimum absolute atomic E-state index is 0.106. The summed E-state index contributed by atoms with van der Waals surface area (Å²) in [5.41, 5.74) is 0.106. The van der Waals surface area contributed by atoms with Gasteiger partial charge < -0.3 is 19.3 Å². The Morgan fingerprint density at radius 3 is 2.17 bits per heavy atom. The zero-order valence-corrected chi connectivity index (χ0v) is 13.1. The molecule has 140 valence electrons. The third-order valence-electron chi connectivity index (χ3n) is 2.34. The molecule has 0 aliphatic carbocycles. The van der Waals surface area contributed by atoms with E-state index in [0.717, 1.165) is 0 Å². The van der Waals surface area contributed by atoms with Gasteiger partial charge in [0.1, 0.15) is 6.61 Å². The molecule has 1 amide bonds. The molecule has 0 aromatic heterocycles. The maximum Gasteiger partial charge on any atom is 0.407 e. The van der Waals surface area contributed by atoms with Crippen molar-refractivity contribution in [1.82, 2.24) is 5.32 Å². The number of amides is 1. The quantitative estimate of drug-likeness (QED) is 0.208. The SMILES string of the molecule is C=C(C)C(=O)OCCNC(=O)OCCC(F)(F)C(F)(F)S(=O)(=O)[O-]. The van der Waals surface area contributed by atoms with Crippen LogP contribution >= 0.6 is 0 Å². The van der Waals surface area contributed by atoms with Gasteiger partial charge in [0, 0.05) is 5.57 Å². The Kier molecular flexibility index (Phi) is 7.63. The number of halogens is 4. The van der Waals surface area contributed by atoms with Crippen molar-refractivity contribution in [3.05, 3.63) is 12.2 Å². The summed E-state index contributed by atoms with van der Waals surface area (Å²) in [6.07, 6.45) is -3.19. The smallest absolute Gasteiger partial charge is 0.407 e. The Balaban J connectivity index is 4.21. The number of rotatable bonds is 9. The van der Waals surface area contributed by atoms with Crippen LogP contribution in [0.1, 0.15) is 13.3 Å². The van der Waals surface area contributed by atoms with Gasteiger partial charge in [-0.15, -0.1) is 0 Å². The van der Waals surface area contributed by atoms with Crippen molar-refractivity contribution in [2.45, 2.75) is 24.5 Å². The number of nitrogens with one attached hydrogen (secondary N) is 1. The largest absolute Gasteiger partial charge is 0.743 e. The van der Waals surface area contributed by atoms with E-state index in [1.54, 1.807) is 0 Å². The lowest BCUT2D eigenvalue weighted by Gasteiger charge is -2.28. The topological polar surface area (TPSA) is 122 Å². The predicted octanol–water partition coefficient (Wildman–Crippen LogP) is 0.995. The van der Waals surface area contributed by atoms with Crippen LogP contribution in [0.3, 0.4) is 0 Å². The van der Waals surface area contributed by atoms with E-state index < -0.39 is 46.4 Å². The molecule has 0 aliphatic heterocycles. The summed E-state index contributed by atoms with van der Waals surface area (Å²) in [6, 6.07) is 0. The first kappa shape index (κ1) is 22.1. The zero-order valence-electron chi connectivity index (χ0n) is 12.3. The summed E-state index contributed by atoms with van der Waals surface area (Å²) < 4.78 is 90.6. The highest BCUT2D eigenvalue weighted by atomic mass is 32.2. The maximum atomic E-state index is 13.0. The Morgan fingerprint density at radius 2 is 1.71 bits per heavy atom. The normalized spacial score (nSPS) is 12.4. The molecule has 0 saturated carbocycles. The predicted molar refractivity (Wildman–Crippen MR) is 69.3 cm³/mol. The van der Waals surface area contributed by atoms with Gasteiger partial charge in [-0.1, -0.05) is 6.58 Å². The van der Waals surface area contributed by atoms with Crippen LogP contribution in [0.25, 0.3) is 0 Å². The van der Waals surface area contributed by atoms with E-state index in [1.165, 1.54) is 6.92 Å². The van der Waals surface area contributed by atoms with E-state index in [9.17, 15) is 40.1 Å². The number of carbonyl (C=O) groups is 2. The van der Waals surface area contributed by atoms with Crippen molar-refractivity contribution in [3.63, 3.8) is 0 Å². The lowest BCUT2D eigenvalue weighted by atomic mass is 10.2. The lowest BCUT2D eigenvalue weighted by Crippen LogP contribution is -2.47. The number of esters is 1. The summed E-state index contributed by atoms with van der Waals surface area (Å²) in [6.45, 7) is 2.83. The number of ether oxygens (including phenoxy) is 2. The highest BCUT2D eigenvalue weighted by Gasteiger charge is 2.61. The van der Waals surface area contributed by atoms with Crippen LogP contribution in [0.4, 0.5) is 22.4 Å². The van der Waals surface area contributed by atoms with Crippen molar-refractivity contribution >= 4 is 22.2 Å². The number of hydrogen-bond donors (Lipinski definition) is 1. The standard InChI is InChI=1S/C11H15F4NO7S/c1-7(2)8(17)22-6-4-16-9(18)23-5-3-10(12,13)11(14,15)24(19,20)21/h1,3-6H2,2H3,(H,16,18)(H,19,20,21)/p-1. The fourth-order valence-corrected chi connectivity index (χ4v) is 1.54. The van der Waals surface area contributed by atoms with Gasteiger partial charge in [-0.05, 0) is 6.92 Å². The first-order valence-corrected chi connectivity index (χ1v) is 7.57. The molecule has 0 atom stereocenters. The van der Waals surface area contributed by atoms with E-state index >= 15 is 0 Å². The summed E-state index contributed by atoms with van der Waals surface area (Å²) in [5, 5.41) is -3.88. The van der Waals surface area contributed by atoms with Gasteiger partial charge in [0.05, 0.1) is 19.6 Å². The Morgan fingerprint density at radius 1 is 1.17 bits per heavy atom. The molecule has 0 unspecified atom stereocenters. The third kappa shape index (κ3) is 6.31. The summed E-state index contributed by atoms with van der Waals surface area (Å²) >= 11 is 0. The van der Waals surface area contributed by atoms with Gasteiger partial charge in [0.15, 0.2) is 10.1 Å². The summed E-state index contributed by atoms with van der Waals surface area (Å²) in [7, 11) is -6.59. The molecule has 0 aromatic rings. The van der Waals surface area contributed by atoms with Crippen molar-refractivity contribution in [1.29, 1.82) is 0 Å². The minimum atomic E-state index is -6.59. The highest BCUT2D eigenvalue weighted by molar-refractivity contribution is 7.86. The van der Waals surface area contributed by atoms with E-state index in [-0.39, 0.29) is 18.7 Å². The minimum Gasteiger partial charge on any atom is -0.743 e. The molecule has 0 aliphatic rings. The number of hydrogen-bond acceptors (Lipinski definition) is 7. The van der Waals surface area contributed by atoms with E-state index in [0.29, 0.717) is 0 Å². The van der Waals surface area contributed by atoms with E-state index in [2.05, 4.69) is 16.1 Å². The van der Waals surface area contributed by atoms with Crippen LogP contribution in [0.5, 0.6) is 0 Å². The molecule has 1 N–H and O–H groups in total. The summed E-state index contributed by atoms with van der Waals surface area (Å²) in [5.74, 6) is -5.95. The Labute approximate surface area is 134 Å². The van der Waals surface area contributed by atoms with E-state index in [4.69, 9.17) is 0 Å². The van der Waals surface area contributed by atoms with Crippen LogP contribution in [-0.4, -0.2) is 56.0 Å². The molecule has 13 heteroatoms. The highest BCUT2D eigenvalue weighted by Crippen LogP contribution is 2.40. The van der Waals surface area contributed by atoms with Crippen LogP contribution in [0.2, 0.25) is 0 Å². The van der Waals surface area contributed by atoms with Crippen molar-refractivity contribution < 1.29 is 49.6 Å². The first-order chi connectivity index (χ1) is 10.7. The molecule has 0 saturated heterocycles. The summed E-state index contributed by atoms with van der Waals surface area (Å²) in [4.78, 5) is 22.0. The molecule has 0 radical (unpaired) electrons. The van der Waals surface area contributed by atoms with Gasteiger partial charge in [-0.3, -0.25) is 0 Å². The molecule has 24 heavy (non-hydrogen) atoms. The fourth-order valence-electron chi connectivity index (χ4n) is 1.07. The first-order valence-electron chi connectivity index (χ1n) is 6.16. The molecule has 8 nitrogen and oxygen atoms in total. The Hall–Kier alpha value is -1.89. The number of alkyl carbamates (subject to hydrolysis) is 1. The van der Waals surface area contributed by atoms with Crippen molar-refractivity contribution in [2.24, 2.45) is 0 Å². The molecule has 0 spiro atoms. The molecular weight excluding hydrogens is 366 g/mol. The zero-order chi connectivity index (χ0) is 19.2. The average Bonchev–Trinajstić information content (AvgIpc) is 2.41. The number of alkyl halides is 4. The molecular formula is C11H14F4NO7S-. The third-order valence-corrected chi connectivity index (χ3v) is 3.27. The molecule has 0 fully saturated rings. The fraction of sp³-hybridized carbons (Fsp3) is 0.636. The second-order valence-electron chi connectivity index (χ2n) is 4.40. The van der Waals surface area contributed by atoms with Gasteiger partial charge in [-0.2, -0.15) is 17.6 Å². The second kappa shape index (κ2) is 8.28. The lowest BCUT2D eigenvalue weighted by molar-refractivity contribution is -0.168. The van der Waals surface area contributed by atoms with Crippen LogP contribution in [0.15, 0.2) is 12.2 Å². The molecule has 0 heterocycles. The molecule has 0 aromatic carbocycles. The van der Waals surface area contributed by atoms with Crippen molar-refractivity contribution in [3.8, 4) is 0 Å². The number of carbonyl (C=O) groups excluding carboxylic acids is 2. The van der Waals surface area contributed by atoms with Gasteiger partial charge in [-0.25, -0.2) is 18.0 Å². The van der Waals surface area contributed by atoms with E-state index in [1.807, 2.05) is 5.32 Å². The Bertz CT molecular complexity index is 591. The molecule has 0 rings (SSSR count). The van der Waals surface area contributed by atoms with Crippen molar-refractivity contribution in [2.75, 3.05) is 19.8 Å². The van der Waals surface area contributed by atoms with Crippen LogP contribution < -0.4 is 5.32 Å². The molecule has 0 bridgehead atoms. The second-order valence-corrected chi connectivity index (χ2v) is 5.83. The van der Waals surface area contributed by atoms with Crippen LogP contribution in [0, 0.1) is 0 Å². The van der Waals surface area contributed by atoms with Gasteiger partial charge >= 0.3 is 23.2 Å². The average molecular weight is 380 g/mol. The van der Waals surface area contributed by atoms with Gasteiger partial charge in [0.2, 0.25) is 0 Å².